The molecule has 0 aliphatic rings. The molecule has 0 aliphatic heterocycles. The molecule has 5 heteroatoms. The molecule has 0 spiro atoms. The van der Waals surface area contributed by atoms with E-state index in [0.29, 0.717) is 16.5 Å². The Morgan fingerprint density at radius 2 is 2.00 bits per heavy atom. The van der Waals surface area contributed by atoms with E-state index >= 15 is 0 Å². The van der Waals surface area contributed by atoms with Crippen molar-refractivity contribution in [3.05, 3.63) is 77.8 Å². The molecule has 3 aromatic rings. The Kier molecular flexibility index (Phi) is 4.54. The first-order valence-corrected chi connectivity index (χ1v) is 7.32. The van der Waals surface area contributed by atoms with E-state index in [9.17, 15) is 4.79 Å². The van der Waals surface area contributed by atoms with Crippen molar-refractivity contribution in [1.82, 2.24) is 4.98 Å². The van der Waals surface area contributed by atoms with Crippen molar-refractivity contribution in [3.8, 4) is 11.3 Å². The van der Waals surface area contributed by atoms with Crippen molar-refractivity contribution in [2.75, 3.05) is 5.32 Å². The number of halogens is 1. The fourth-order valence-electron chi connectivity index (χ4n) is 2.04. The molecular formula is C18H13ClN2O2. The third-order valence-electron chi connectivity index (χ3n) is 3.15. The lowest BCUT2D eigenvalue weighted by Crippen LogP contribution is -2.07. The Morgan fingerprint density at radius 3 is 2.70 bits per heavy atom. The van der Waals surface area contributed by atoms with Gasteiger partial charge in [-0.1, -0.05) is 23.7 Å². The van der Waals surface area contributed by atoms with Gasteiger partial charge in [-0.2, -0.15) is 0 Å². The number of oxazole rings is 1. The molecule has 0 saturated heterocycles. The normalized spacial score (nSPS) is 10.8. The van der Waals surface area contributed by atoms with Gasteiger partial charge in [0.1, 0.15) is 0 Å². The zero-order valence-electron chi connectivity index (χ0n) is 12.1. The highest BCUT2D eigenvalue weighted by molar-refractivity contribution is 6.30. The molecule has 3 rings (SSSR count). The first-order valence-electron chi connectivity index (χ1n) is 6.94. The fourth-order valence-corrected chi connectivity index (χ4v) is 2.24. The highest BCUT2D eigenvalue weighted by Gasteiger charge is 2.02. The lowest BCUT2D eigenvalue weighted by Gasteiger charge is -2.03. The van der Waals surface area contributed by atoms with Gasteiger partial charge in [0.15, 0.2) is 12.2 Å². The average molecular weight is 325 g/mol. The van der Waals surface area contributed by atoms with Crippen molar-refractivity contribution >= 4 is 29.3 Å². The van der Waals surface area contributed by atoms with E-state index in [0.717, 1.165) is 11.1 Å². The Morgan fingerprint density at radius 1 is 1.17 bits per heavy atom. The molecule has 1 heterocycles. The third-order valence-corrected chi connectivity index (χ3v) is 3.38. The summed E-state index contributed by atoms with van der Waals surface area (Å²) >= 11 is 5.90. The monoisotopic (exact) mass is 324 g/mol. The van der Waals surface area contributed by atoms with Crippen LogP contribution in [0.25, 0.3) is 17.4 Å². The van der Waals surface area contributed by atoms with E-state index in [1.807, 2.05) is 36.4 Å². The fraction of sp³-hybridized carbons (Fsp3) is 0. The molecule has 114 valence electrons. The Hall–Kier alpha value is -2.85. The molecule has 0 atom stereocenters. The summed E-state index contributed by atoms with van der Waals surface area (Å²) in [5.74, 6) is 0.473. The molecule has 0 saturated carbocycles. The van der Waals surface area contributed by atoms with Gasteiger partial charge in [-0.25, -0.2) is 4.98 Å². The number of hydrogen-bond acceptors (Lipinski definition) is 3. The van der Waals surface area contributed by atoms with E-state index in [1.165, 1.54) is 12.5 Å². The van der Waals surface area contributed by atoms with Crippen LogP contribution < -0.4 is 5.32 Å². The zero-order valence-corrected chi connectivity index (χ0v) is 12.8. The second-order valence-electron chi connectivity index (χ2n) is 4.82. The largest absolute Gasteiger partial charge is 0.444 e. The van der Waals surface area contributed by atoms with Crippen LogP contribution in [0.2, 0.25) is 5.02 Å². The standard InChI is InChI=1S/C18H13ClN2O2/c19-15-3-1-2-13(10-15)4-9-18(22)21-16-7-5-14(6-8-16)17-11-20-12-23-17/h1-12H,(H,21,22)/b9-4+. The van der Waals surface area contributed by atoms with Crippen molar-refractivity contribution in [1.29, 1.82) is 0 Å². The predicted octanol–water partition coefficient (Wildman–Crippen LogP) is 4.65. The van der Waals surface area contributed by atoms with Crippen LogP contribution in [-0.4, -0.2) is 10.9 Å². The van der Waals surface area contributed by atoms with Gasteiger partial charge in [0, 0.05) is 22.3 Å². The number of rotatable bonds is 4. The van der Waals surface area contributed by atoms with E-state index < -0.39 is 0 Å². The highest BCUT2D eigenvalue weighted by Crippen LogP contribution is 2.20. The smallest absolute Gasteiger partial charge is 0.248 e. The third kappa shape index (κ3) is 4.08. The number of carbonyl (C=O) groups is 1. The quantitative estimate of drug-likeness (QED) is 0.711. The maximum atomic E-state index is 11.9. The number of benzene rings is 2. The summed E-state index contributed by atoms with van der Waals surface area (Å²) in [6, 6.07) is 14.6. The number of nitrogens with one attached hydrogen (secondary N) is 1. The van der Waals surface area contributed by atoms with Gasteiger partial charge in [-0.15, -0.1) is 0 Å². The van der Waals surface area contributed by atoms with Crippen LogP contribution in [0.15, 0.2) is 71.6 Å². The van der Waals surface area contributed by atoms with E-state index in [4.69, 9.17) is 16.0 Å². The first kappa shape index (κ1) is 15.1. The first-order chi connectivity index (χ1) is 11.2. The van der Waals surface area contributed by atoms with Gasteiger partial charge < -0.3 is 9.73 Å². The average Bonchev–Trinajstić information content (AvgIpc) is 3.08. The van der Waals surface area contributed by atoms with Crippen LogP contribution in [0.5, 0.6) is 0 Å². The molecule has 1 N–H and O–H groups in total. The van der Waals surface area contributed by atoms with Crippen molar-refractivity contribution in [2.24, 2.45) is 0 Å². The van der Waals surface area contributed by atoms with Gasteiger partial charge in [-0.3, -0.25) is 4.79 Å². The van der Waals surface area contributed by atoms with Gasteiger partial charge in [0.2, 0.25) is 5.91 Å². The summed E-state index contributed by atoms with van der Waals surface area (Å²) in [6.07, 6.45) is 6.20. The molecule has 4 nitrogen and oxygen atoms in total. The molecule has 1 aromatic heterocycles. The zero-order chi connectivity index (χ0) is 16.1. The summed E-state index contributed by atoms with van der Waals surface area (Å²) in [7, 11) is 0. The summed E-state index contributed by atoms with van der Waals surface area (Å²) < 4.78 is 5.22. The van der Waals surface area contributed by atoms with Gasteiger partial charge in [-0.05, 0) is 48.0 Å². The van der Waals surface area contributed by atoms with Crippen LogP contribution in [0, 0.1) is 0 Å². The maximum Gasteiger partial charge on any atom is 0.248 e. The summed E-state index contributed by atoms with van der Waals surface area (Å²) in [5.41, 5.74) is 2.47. The molecule has 0 radical (unpaired) electrons. The van der Waals surface area contributed by atoms with Crippen LogP contribution in [0.1, 0.15) is 5.56 Å². The minimum atomic E-state index is -0.211. The summed E-state index contributed by atoms with van der Waals surface area (Å²) in [6.45, 7) is 0. The van der Waals surface area contributed by atoms with Crippen molar-refractivity contribution < 1.29 is 9.21 Å². The minimum absolute atomic E-state index is 0.211. The molecule has 0 unspecified atom stereocenters. The highest BCUT2D eigenvalue weighted by atomic mass is 35.5. The molecule has 2 aromatic carbocycles. The van der Waals surface area contributed by atoms with Crippen molar-refractivity contribution in [2.45, 2.75) is 0 Å². The maximum absolute atomic E-state index is 11.9. The molecule has 0 bridgehead atoms. The van der Waals surface area contributed by atoms with E-state index in [2.05, 4.69) is 10.3 Å². The lowest BCUT2D eigenvalue weighted by molar-refractivity contribution is -0.111. The number of carbonyl (C=O) groups excluding carboxylic acids is 1. The van der Waals surface area contributed by atoms with Crippen molar-refractivity contribution in [3.63, 3.8) is 0 Å². The van der Waals surface area contributed by atoms with Crippen LogP contribution >= 0.6 is 11.6 Å². The Balaban J connectivity index is 1.64. The second kappa shape index (κ2) is 6.94. The number of amides is 1. The van der Waals surface area contributed by atoms with Crippen LogP contribution in [0.4, 0.5) is 5.69 Å². The second-order valence-corrected chi connectivity index (χ2v) is 5.26. The van der Waals surface area contributed by atoms with Gasteiger partial charge in [0.05, 0.1) is 6.20 Å². The number of aromatic nitrogens is 1. The SMILES string of the molecule is O=C(/C=C/c1cccc(Cl)c1)Nc1ccc(-c2cnco2)cc1. The predicted molar refractivity (Wildman–Crippen MR) is 91.1 cm³/mol. The topological polar surface area (TPSA) is 55.1 Å². The van der Waals surface area contributed by atoms with Crippen LogP contribution in [0.3, 0.4) is 0 Å². The lowest BCUT2D eigenvalue weighted by atomic mass is 10.1. The number of nitrogens with zero attached hydrogens (tertiary/aromatic N) is 1. The number of hydrogen-bond donors (Lipinski definition) is 1. The molecular weight excluding hydrogens is 312 g/mol. The Labute approximate surface area is 138 Å². The molecule has 23 heavy (non-hydrogen) atoms. The van der Waals surface area contributed by atoms with E-state index in [-0.39, 0.29) is 5.91 Å². The minimum Gasteiger partial charge on any atom is -0.444 e. The van der Waals surface area contributed by atoms with Gasteiger partial charge in [0.25, 0.3) is 0 Å². The molecule has 1 amide bonds. The molecule has 0 fully saturated rings. The van der Waals surface area contributed by atoms with Gasteiger partial charge >= 0.3 is 0 Å². The number of anilines is 1. The van der Waals surface area contributed by atoms with E-state index in [1.54, 1.807) is 24.4 Å². The summed E-state index contributed by atoms with van der Waals surface area (Å²) in [4.78, 5) is 15.8. The van der Waals surface area contributed by atoms with Crippen LogP contribution in [-0.2, 0) is 4.79 Å². The summed E-state index contributed by atoms with van der Waals surface area (Å²) in [5, 5.41) is 3.43. The Bertz CT molecular complexity index is 824. The molecule has 0 aliphatic carbocycles.